The summed E-state index contributed by atoms with van der Waals surface area (Å²) in [6.45, 7) is 2.34. The molecule has 0 saturated carbocycles. The predicted molar refractivity (Wildman–Crippen MR) is 109 cm³/mol. The maximum Gasteiger partial charge on any atom is 0.274 e. The Morgan fingerprint density at radius 2 is 2.23 bits per heavy atom. The van der Waals surface area contributed by atoms with Gasteiger partial charge in [0.1, 0.15) is 17.2 Å². The van der Waals surface area contributed by atoms with Gasteiger partial charge in [-0.3, -0.25) is 9.20 Å². The van der Waals surface area contributed by atoms with Crippen LogP contribution in [0.3, 0.4) is 0 Å². The van der Waals surface area contributed by atoms with E-state index in [2.05, 4.69) is 25.8 Å². The number of benzene rings is 1. The summed E-state index contributed by atoms with van der Waals surface area (Å²) < 4.78 is 20.4. The van der Waals surface area contributed by atoms with Crippen LogP contribution in [0.2, 0.25) is 0 Å². The number of nitrogens with zero attached hydrogens (tertiary/aromatic N) is 4. The minimum Gasteiger partial charge on any atom is -0.392 e. The van der Waals surface area contributed by atoms with Crippen molar-refractivity contribution in [1.29, 1.82) is 0 Å². The number of aryl methyl sites for hydroxylation is 1. The zero-order valence-corrected chi connectivity index (χ0v) is 16.5. The summed E-state index contributed by atoms with van der Waals surface area (Å²) in [7, 11) is 0. The molecule has 3 N–H and O–H groups in total. The molecule has 1 fully saturated rings. The van der Waals surface area contributed by atoms with Crippen LogP contribution in [0.4, 0.5) is 10.1 Å². The molecule has 31 heavy (non-hydrogen) atoms. The van der Waals surface area contributed by atoms with Crippen molar-refractivity contribution >= 4 is 17.2 Å². The summed E-state index contributed by atoms with van der Waals surface area (Å²) >= 11 is 0. The fourth-order valence-electron chi connectivity index (χ4n) is 3.60. The van der Waals surface area contributed by atoms with Gasteiger partial charge in [-0.1, -0.05) is 17.3 Å². The number of hydrogen-bond donors (Lipinski definition) is 3. The summed E-state index contributed by atoms with van der Waals surface area (Å²) in [5, 5.41) is 19.7. The molecule has 1 aliphatic heterocycles. The van der Waals surface area contributed by atoms with Crippen molar-refractivity contribution in [2.45, 2.75) is 25.5 Å². The maximum atomic E-state index is 13.6. The number of aliphatic hydroxyl groups excluding tert-OH is 1. The van der Waals surface area contributed by atoms with Crippen LogP contribution in [0.15, 0.2) is 47.2 Å². The SMILES string of the molecule is Cc1ccc(-c2noc(C3C[C@@H](O)CN3)n2)cc1NC(=O)c1cnc2ccc(F)cn12. The standard InChI is InChI=1S/C21H19FN6O3/c1-11-2-3-12(19-26-21(31-27-19)16-7-14(29)8-23-16)6-15(11)25-20(30)17-9-24-18-5-4-13(22)10-28(17)18/h2-6,9-10,14,16,23,29H,7-8H2,1H3,(H,25,30)/t14-,16?/m1/s1. The minimum atomic E-state index is -0.463. The van der Waals surface area contributed by atoms with Crippen molar-refractivity contribution in [3.8, 4) is 11.4 Å². The van der Waals surface area contributed by atoms with Gasteiger partial charge in [0.15, 0.2) is 0 Å². The van der Waals surface area contributed by atoms with Crippen molar-refractivity contribution in [2.24, 2.45) is 0 Å². The third-order valence-electron chi connectivity index (χ3n) is 5.29. The quantitative estimate of drug-likeness (QED) is 0.462. The van der Waals surface area contributed by atoms with E-state index in [0.717, 1.165) is 5.56 Å². The highest BCUT2D eigenvalue weighted by molar-refractivity contribution is 6.04. The number of aliphatic hydroxyl groups is 1. The summed E-state index contributed by atoms with van der Waals surface area (Å²) in [4.78, 5) is 21.4. The number of rotatable bonds is 4. The fourth-order valence-corrected chi connectivity index (χ4v) is 3.60. The predicted octanol–water partition coefficient (Wildman–Crippen LogP) is 2.48. The van der Waals surface area contributed by atoms with Gasteiger partial charge >= 0.3 is 0 Å². The molecule has 5 rings (SSSR count). The number of pyridine rings is 1. The highest BCUT2D eigenvalue weighted by atomic mass is 19.1. The number of fused-ring (bicyclic) bond motifs is 1. The molecule has 1 amide bonds. The topological polar surface area (TPSA) is 118 Å². The van der Waals surface area contributed by atoms with Gasteiger partial charge in [-0.15, -0.1) is 0 Å². The average molecular weight is 422 g/mol. The van der Waals surface area contributed by atoms with E-state index in [1.54, 1.807) is 6.07 Å². The van der Waals surface area contributed by atoms with Crippen molar-refractivity contribution in [3.63, 3.8) is 0 Å². The molecule has 0 radical (unpaired) electrons. The smallest absolute Gasteiger partial charge is 0.274 e. The van der Waals surface area contributed by atoms with Crippen LogP contribution in [-0.4, -0.2) is 43.2 Å². The first-order valence-corrected chi connectivity index (χ1v) is 9.78. The molecule has 4 aromatic rings. The Morgan fingerprint density at radius 1 is 1.35 bits per heavy atom. The largest absolute Gasteiger partial charge is 0.392 e. The van der Waals surface area contributed by atoms with E-state index in [-0.39, 0.29) is 11.7 Å². The van der Waals surface area contributed by atoms with Crippen molar-refractivity contribution in [1.82, 2.24) is 24.8 Å². The van der Waals surface area contributed by atoms with E-state index in [9.17, 15) is 14.3 Å². The van der Waals surface area contributed by atoms with E-state index in [1.165, 1.54) is 28.9 Å². The lowest BCUT2D eigenvalue weighted by atomic mass is 10.1. The molecule has 1 aromatic carbocycles. The number of carbonyl (C=O) groups is 1. The van der Waals surface area contributed by atoms with Crippen LogP contribution >= 0.6 is 0 Å². The number of aromatic nitrogens is 4. The van der Waals surface area contributed by atoms with Gasteiger partial charge in [-0.2, -0.15) is 4.98 Å². The minimum absolute atomic E-state index is 0.184. The zero-order valence-electron chi connectivity index (χ0n) is 16.5. The van der Waals surface area contributed by atoms with Gasteiger partial charge in [-0.05, 0) is 37.1 Å². The van der Waals surface area contributed by atoms with E-state index in [1.807, 2.05) is 19.1 Å². The Balaban J connectivity index is 1.40. The molecule has 9 nitrogen and oxygen atoms in total. The Labute approximate surface area is 175 Å². The van der Waals surface area contributed by atoms with Gasteiger partial charge in [0.2, 0.25) is 11.7 Å². The van der Waals surface area contributed by atoms with E-state index >= 15 is 0 Å². The molecular weight excluding hydrogens is 403 g/mol. The van der Waals surface area contributed by atoms with E-state index < -0.39 is 17.8 Å². The fraction of sp³-hybridized carbons (Fsp3) is 0.238. The number of amides is 1. The number of carbonyl (C=O) groups excluding carboxylic acids is 1. The average Bonchev–Trinajstić information content (AvgIpc) is 3.48. The zero-order chi connectivity index (χ0) is 21.5. The van der Waals surface area contributed by atoms with E-state index in [0.29, 0.717) is 41.6 Å². The third kappa shape index (κ3) is 3.66. The number of imidazole rings is 1. The molecule has 10 heteroatoms. The molecule has 1 aliphatic rings. The molecule has 0 spiro atoms. The summed E-state index contributed by atoms with van der Waals surface area (Å²) in [6.07, 6.45) is 2.69. The number of β-amino-alcohol motifs (C(OH)–C–C–N with tert-alkyl or cyclic N) is 1. The van der Waals surface area contributed by atoms with Crippen molar-refractivity contribution in [3.05, 3.63) is 65.7 Å². The van der Waals surface area contributed by atoms with Crippen molar-refractivity contribution < 1.29 is 18.8 Å². The lowest BCUT2D eigenvalue weighted by Gasteiger charge is -2.09. The monoisotopic (exact) mass is 422 g/mol. The Hall–Kier alpha value is -3.63. The molecule has 158 valence electrons. The van der Waals surface area contributed by atoms with Crippen LogP contribution in [0, 0.1) is 12.7 Å². The molecule has 0 aliphatic carbocycles. The highest BCUT2D eigenvalue weighted by Crippen LogP contribution is 2.27. The maximum absolute atomic E-state index is 13.6. The van der Waals surface area contributed by atoms with Gasteiger partial charge < -0.3 is 20.3 Å². The van der Waals surface area contributed by atoms with Gasteiger partial charge in [0, 0.05) is 24.0 Å². The van der Waals surface area contributed by atoms with Crippen molar-refractivity contribution in [2.75, 3.05) is 11.9 Å². The normalized spacial score (nSPS) is 18.5. The lowest BCUT2D eigenvalue weighted by Crippen LogP contribution is -2.15. The Bertz CT molecular complexity index is 1280. The molecule has 4 heterocycles. The number of hydrogen-bond acceptors (Lipinski definition) is 7. The molecule has 1 unspecified atom stereocenters. The van der Waals surface area contributed by atoms with Gasteiger partial charge in [0.25, 0.3) is 5.91 Å². The van der Waals surface area contributed by atoms with Crippen LogP contribution in [0.5, 0.6) is 0 Å². The molecule has 2 atom stereocenters. The van der Waals surface area contributed by atoms with Gasteiger partial charge in [0.05, 0.1) is 18.3 Å². The summed E-state index contributed by atoms with van der Waals surface area (Å²) in [5.41, 5.74) is 2.75. The second kappa shape index (κ2) is 7.56. The molecule has 3 aromatic heterocycles. The summed E-state index contributed by atoms with van der Waals surface area (Å²) in [5.74, 6) is -0.0952. The first-order valence-electron chi connectivity index (χ1n) is 9.78. The van der Waals surface area contributed by atoms with E-state index in [4.69, 9.17) is 4.52 Å². The molecule has 0 bridgehead atoms. The second-order valence-electron chi connectivity index (χ2n) is 7.51. The first kappa shape index (κ1) is 19.3. The highest BCUT2D eigenvalue weighted by Gasteiger charge is 2.28. The number of anilines is 1. The number of halogens is 1. The Kier molecular flexibility index (Phi) is 4.72. The van der Waals surface area contributed by atoms with Gasteiger partial charge in [-0.25, -0.2) is 9.37 Å². The molecular formula is C21H19FN6O3. The number of nitrogens with one attached hydrogen (secondary N) is 2. The second-order valence-corrected chi connectivity index (χ2v) is 7.51. The van der Waals surface area contributed by atoms with Crippen LogP contribution in [0.1, 0.15) is 34.4 Å². The van der Waals surface area contributed by atoms with Crippen LogP contribution in [0.25, 0.3) is 17.0 Å². The van der Waals surface area contributed by atoms with Crippen LogP contribution in [-0.2, 0) is 0 Å². The molecule has 1 saturated heterocycles. The first-order chi connectivity index (χ1) is 15.0. The lowest BCUT2D eigenvalue weighted by molar-refractivity contribution is 0.102. The Morgan fingerprint density at radius 3 is 3.03 bits per heavy atom. The third-order valence-corrected chi connectivity index (χ3v) is 5.29. The van der Waals surface area contributed by atoms with Crippen LogP contribution < -0.4 is 10.6 Å². The summed E-state index contributed by atoms with van der Waals surface area (Å²) in [6, 6.07) is 8.04.